The van der Waals surface area contributed by atoms with Gasteiger partial charge in [-0.15, -0.1) is 11.3 Å². The summed E-state index contributed by atoms with van der Waals surface area (Å²) < 4.78 is 224. The van der Waals surface area contributed by atoms with Crippen molar-refractivity contribution in [2.45, 2.75) is 46.8 Å². The van der Waals surface area contributed by atoms with Gasteiger partial charge in [0.2, 0.25) is 0 Å². The minimum atomic E-state index is -8.73. The summed E-state index contributed by atoms with van der Waals surface area (Å²) in [5, 5.41) is -6.43. The quantitative estimate of drug-likeness (QED) is 0.141. The molecular formula is C21H9BrClF16NO3S. The molecule has 23 heteroatoms. The van der Waals surface area contributed by atoms with Crippen LogP contribution in [0.25, 0.3) is 11.1 Å². The van der Waals surface area contributed by atoms with E-state index in [-0.39, 0.29) is 22.5 Å². The van der Waals surface area contributed by atoms with Crippen molar-refractivity contribution in [3.05, 3.63) is 39.7 Å². The molecule has 44 heavy (non-hydrogen) atoms. The fourth-order valence-corrected chi connectivity index (χ4v) is 4.42. The number of anilines is 1. The highest BCUT2D eigenvalue weighted by Gasteiger charge is 2.95. The molecule has 248 valence electrons. The Morgan fingerprint density at radius 3 is 1.55 bits per heavy atom. The minimum absolute atomic E-state index is 0.0519. The van der Waals surface area contributed by atoms with Crippen LogP contribution in [0.1, 0.15) is 10.4 Å². The van der Waals surface area contributed by atoms with Crippen LogP contribution in [-0.2, 0) is 9.53 Å². The lowest BCUT2D eigenvalue weighted by Gasteiger charge is -2.42. The number of esters is 1. The number of hydrogen-bond donors (Lipinski definition) is 1. The average molecular weight is 775 g/mol. The molecule has 0 spiro atoms. The molecule has 0 saturated heterocycles. The van der Waals surface area contributed by atoms with E-state index in [0.717, 1.165) is 10.7 Å². The first-order chi connectivity index (χ1) is 19.5. The van der Waals surface area contributed by atoms with E-state index in [1.54, 1.807) is 0 Å². The summed E-state index contributed by atoms with van der Waals surface area (Å²) in [5.41, 5.74) is -1.15. The minimum Gasteiger partial charge on any atom is -0.465 e. The number of halogens is 18. The number of benzene rings is 1. The Morgan fingerprint density at radius 2 is 1.14 bits per heavy atom. The van der Waals surface area contributed by atoms with Gasteiger partial charge in [-0.2, -0.15) is 70.2 Å². The van der Waals surface area contributed by atoms with Crippen molar-refractivity contribution in [2.75, 3.05) is 12.4 Å². The van der Waals surface area contributed by atoms with Crippen molar-refractivity contribution in [1.29, 1.82) is 0 Å². The third-order valence-corrected chi connectivity index (χ3v) is 7.23. The van der Waals surface area contributed by atoms with Crippen molar-refractivity contribution in [3.63, 3.8) is 0 Å². The van der Waals surface area contributed by atoms with Crippen LogP contribution in [0.3, 0.4) is 0 Å². The molecule has 4 nitrogen and oxygen atoms in total. The molecule has 2 aromatic rings. The molecule has 0 aliphatic rings. The molecule has 0 aliphatic carbocycles. The van der Waals surface area contributed by atoms with Crippen LogP contribution in [0.5, 0.6) is 0 Å². The van der Waals surface area contributed by atoms with Crippen molar-refractivity contribution >= 4 is 55.7 Å². The highest BCUT2D eigenvalue weighted by atomic mass is 79.9. The lowest BCUT2D eigenvalue weighted by Crippen LogP contribution is -2.75. The maximum absolute atomic E-state index is 14.4. The van der Waals surface area contributed by atoms with Gasteiger partial charge in [-0.3, -0.25) is 4.79 Å². The maximum atomic E-state index is 14.4. The molecule has 1 heterocycles. The first-order valence-corrected chi connectivity index (χ1v) is 12.5. The predicted octanol–water partition coefficient (Wildman–Crippen LogP) is 9.18. The van der Waals surface area contributed by atoms with Gasteiger partial charge in [0.1, 0.15) is 10.6 Å². The zero-order valence-electron chi connectivity index (χ0n) is 20.3. The highest BCUT2D eigenvalue weighted by Crippen LogP contribution is 2.64. The molecule has 2 rings (SSSR count). The summed E-state index contributed by atoms with van der Waals surface area (Å²) in [6.07, 6.45) is 0. The normalized spacial score (nSPS) is 14.4. The smallest absolute Gasteiger partial charge is 0.393 e. The Hall–Kier alpha value is -2.49. The first-order valence-electron chi connectivity index (χ1n) is 10.5. The van der Waals surface area contributed by atoms with Crippen molar-refractivity contribution in [1.82, 2.24) is 0 Å². The van der Waals surface area contributed by atoms with Crippen LogP contribution in [-0.4, -0.2) is 65.8 Å². The van der Waals surface area contributed by atoms with Gasteiger partial charge in [0.25, 0.3) is 0 Å². The standard InChI is InChI=1S/C21H9BrClF16NO3S/c1-43-12(41)10-9(7-2-4-8(22)5-3-7)6-44-11(10)40-13(42)14(24,25)15(26,27)16(28,29)17(30,31)18(32,33)19(34,35)20(36,37)21(23,38)39/h2-6H,1H3,(H,40,42). The van der Waals surface area contributed by atoms with Gasteiger partial charge in [0.05, 0.1) is 7.11 Å². The first kappa shape index (κ1) is 37.7. The zero-order valence-corrected chi connectivity index (χ0v) is 23.5. The van der Waals surface area contributed by atoms with Gasteiger partial charge in [-0.25, -0.2) is 4.79 Å². The van der Waals surface area contributed by atoms with E-state index < -0.39 is 69.3 Å². The van der Waals surface area contributed by atoms with Crippen LogP contribution < -0.4 is 5.32 Å². The topological polar surface area (TPSA) is 55.4 Å². The number of ether oxygens (including phenoxy) is 1. The number of rotatable bonds is 11. The summed E-state index contributed by atoms with van der Waals surface area (Å²) in [6.45, 7) is 0. The second kappa shape index (κ2) is 11.4. The monoisotopic (exact) mass is 773 g/mol. The molecule has 0 atom stereocenters. The van der Waals surface area contributed by atoms with Gasteiger partial charge in [0.15, 0.2) is 0 Å². The molecule has 1 amide bonds. The third-order valence-electron chi connectivity index (χ3n) is 5.57. The number of amides is 1. The summed E-state index contributed by atoms with van der Waals surface area (Å²) in [6, 6.07) is 5.23. The molecule has 0 radical (unpaired) electrons. The van der Waals surface area contributed by atoms with Crippen molar-refractivity contribution < 1.29 is 84.6 Å². The van der Waals surface area contributed by atoms with E-state index in [2.05, 4.69) is 32.3 Å². The van der Waals surface area contributed by atoms with Gasteiger partial charge >= 0.3 is 58.7 Å². The van der Waals surface area contributed by atoms with E-state index in [9.17, 15) is 79.8 Å². The van der Waals surface area contributed by atoms with Gasteiger partial charge < -0.3 is 10.1 Å². The number of hydrogen-bond acceptors (Lipinski definition) is 4. The molecule has 0 saturated carbocycles. The molecule has 0 aliphatic heterocycles. The third kappa shape index (κ3) is 5.47. The van der Waals surface area contributed by atoms with E-state index in [1.807, 2.05) is 0 Å². The van der Waals surface area contributed by atoms with Crippen LogP contribution >= 0.6 is 38.9 Å². The predicted molar refractivity (Wildman–Crippen MR) is 123 cm³/mol. The van der Waals surface area contributed by atoms with Gasteiger partial charge in [-0.1, -0.05) is 28.1 Å². The van der Waals surface area contributed by atoms with Gasteiger partial charge in [0, 0.05) is 15.4 Å². The second-order valence-corrected chi connectivity index (χ2v) is 10.6. The Balaban J connectivity index is 2.60. The fraction of sp³-hybridized carbons (Fsp3) is 0.429. The molecular weight excluding hydrogens is 766 g/mol. The molecule has 1 N–H and O–H groups in total. The lowest BCUT2D eigenvalue weighted by atomic mass is 9.89. The fourth-order valence-electron chi connectivity index (χ4n) is 3.08. The van der Waals surface area contributed by atoms with Crippen LogP contribution in [0.4, 0.5) is 75.2 Å². The number of methoxy groups -OCH3 is 1. The van der Waals surface area contributed by atoms with Crippen LogP contribution in [0, 0.1) is 0 Å². The number of thiophene rings is 1. The Kier molecular flexibility index (Phi) is 9.76. The zero-order chi connectivity index (χ0) is 34.7. The van der Waals surface area contributed by atoms with Crippen LogP contribution in [0.15, 0.2) is 34.1 Å². The maximum Gasteiger partial charge on any atom is 0.393 e. The highest BCUT2D eigenvalue weighted by molar-refractivity contribution is 9.10. The summed E-state index contributed by atoms with van der Waals surface area (Å²) in [5.74, 6) is -63.0. The van der Waals surface area contributed by atoms with E-state index in [0.29, 0.717) is 11.6 Å². The molecule has 0 bridgehead atoms. The molecule has 0 fully saturated rings. The molecule has 1 aromatic carbocycles. The largest absolute Gasteiger partial charge is 0.465 e. The summed E-state index contributed by atoms with van der Waals surface area (Å²) in [4.78, 5) is 24.2. The Morgan fingerprint density at radius 1 is 0.727 bits per heavy atom. The Bertz CT molecular complexity index is 1410. The van der Waals surface area contributed by atoms with E-state index in [1.165, 1.54) is 24.3 Å². The van der Waals surface area contributed by atoms with E-state index >= 15 is 0 Å². The van der Waals surface area contributed by atoms with E-state index in [4.69, 9.17) is 0 Å². The van der Waals surface area contributed by atoms with Crippen LogP contribution in [0.2, 0.25) is 0 Å². The van der Waals surface area contributed by atoms with Gasteiger partial charge in [-0.05, 0) is 29.3 Å². The molecule has 1 aromatic heterocycles. The van der Waals surface area contributed by atoms with Crippen molar-refractivity contribution in [2.24, 2.45) is 0 Å². The summed E-state index contributed by atoms with van der Waals surface area (Å²) >= 11 is 6.57. The SMILES string of the molecule is COC(=O)c1c(-c2ccc(Br)cc2)csc1NC(=O)C(F)(F)C(F)(F)C(F)(F)C(F)(F)C(F)(F)C(F)(F)C(F)(F)C(F)(F)Cl. The average Bonchev–Trinajstić information content (AvgIpc) is 3.30. The number of alkyl halides is 17. The number of carbonyl (C=O) groups excluding carboxylic acids is 2. The lowest BCUT2D eigenvalue weighted by molar-refractivity contribution is -0.445. The summed E-state index contributed by atoms with van der Waals surface area (Å²) in [7, 11) is 0.682. The number of carbonyl (C=O) groups is 2. The molecule has 0 unspecified atom stereocenters. The number of nitrogens with one attached hydrogen (secondary N) is 1. The van der Waals surface area contributed by atoms with Crippen molar-refractivity contribution in [3.8, 4) is 11.1 Å². The second-order valence-electron chi connectivity index (χ2n) is 8.32. The Labute approximate surface area is 250 Å².